The highest BCUT2D eigenvalue weighted by atomic mass is 16.5. The molecule has 0 aliphatic carbocycles. The molecule has 0 spiro atoms. The number of carbonyl (C=O) groups is 1. The molecule has 0 saturated carbocycles. The largest absolute Gasteiger partial charge is 0.493 e. The minimum atomic E-state index is -0.275. The number of hydrazine groups is 1. The lowest BCUT2D eigenvalue weighted by molar-refractivity contribution is -0.135. The molecule has 1 aromatic heterocycles. The molecule has 36 heavy (non-hydrogen) atoms. The Labute approximate surface area is 210 Å². The van der Waals surface area contributed by atoms with E-state index in [9.17, 15) is 4.79 Å². The first-order valence-corrected chi connectivity index (χ1v) is 11.8. The van der Waals surface area contributed by atoms with Crippen molar-refractivity contribution in [3.63, 3.8) is 0 Å². The van der Waals surface area contributed by atoms with Crippen LogP contribution in [-0.2, 0) is 11.3 Å². The molecule has 5 rings (SSSR count). The van der Waals surface area contributed by atoms with Crippen molar-refractivity contribution in [3.05, 3.63) is 71.4 Å². The molecule has 2 aliphatic heterocycles. The van der Waals surface area contributed by atoms with Gasteiger partial charge in [0.2, 0.25) is 11.6 Å². The number of benzene rings is 2. The quantitative estimate of drug-likeness (QED) is 0.529. The van der Waals surface area contributed by atoms with Gasteiger partial charge in [0.15, 0.2) is 11.5 Å². The lowest BCUT2D eigenvalue weighted by atomic mass is 10.00. The molecular weight excluding hydrogens is 460 g/mol. The Balaban J connectivity index is 1.34. The van der Waals surface area contributed by atoms with E-state index in [0.29, 0.717) is 53.1 Å². The molecule has 188 valence electrons. The number of amides is 1. The Bertz CT molecular complexity index is 1270. The van der Waals surface area contributed by atoms with E-state index in [-0.39, 0.29) is 18.0 Å². The SMILES string of the molecule is COc1cc(-c2nc(CN3C=CN4NC(c5ccc(C)cc5)CC4C3=O)c(C)o2)cc(OC)c1OC. The van der Waals surface area contributed by atoms with Gasteiger partial charge in [-0.2, -0.15) is 0 Å². The summed E-state index contributed by atoms with van der Waals surface area (Å²) in [7, 11) is 4.68. The predicted molar refractivity (Wildman–Crippen MR) is 133 cm³/mol. The summed E-state index contributed by atoms with van der Waals surface area (Å²) in [6, 6.07) is 11.8. The van der Waals surface area contributed by atoms with E-state index in [1.54, 1.807) is 44.6 Å². The Morgan fingerprint density at radius 2 is 1.72 bits per heavy atom. The van der Waals surface area contributed by atoms with Crippen molar-refractivity contribution in [1.82, 2.24) is 20.3 Å². The van der Waals surface area contributed by atoms with Gasteiger partial charge in [-0.25, -0.2) is 10.4 Å². The second kappa shape index (κ2) is 9.58. The van der Waals surface area contributed by atoms with Crippen LogP contribution in [0.25, 0.3) is 11.5 Å². The summed E-state index contributed by atoms with van der Waals surface area (Å²) in [6.07, 6.45) is 4.39. The zero-order chi connectivity index (χ0) is 25.4. The first kappa shape index (κ1) is 23.7. The van der Waals surface area contributed by atoms with Crippen LogP contribution in [0.1, 0.15) is 35.0 Å². The summed E-state index contributed by atoms with van der Waals surface area (Å²) >= 11 is 0. The monoisotopic (exact) mass is 490 g/mol. The molecule has 9 nitrogen and oxygen atoms in total. The summed E-state index contributed by atoms with van der Waals surface area (Å²) in [5.74, 6) is 2.60. The molecule has 2 aliphatic rings. The standard InChI is InChI=1S/C27H30N4O5/c1-16-6-8-18(9-7-16)20-14-22-27(32)30(10-11-31(22)29-20)15-21-17(2)36-26(28-21)19-12-23(33-3)25(35-5)24(13-19)34-4/h6-13,20,22,29H,14-15H2,1-5H3. The van der Waals surface area contributed by atoms with E-state index in [1.807, 2.05) is 18.1 Å². The Morgan fingerprint density at radius 3 is 2.36 bits per heavy atom. The first-order chi connectivity index (χ1) is 17.4. The average molecular weight is 491 g/mol. The van der Waals surface area contributed by atoms with Crippen molar-refractivity contribution < 1.29 is 23.4 Å². The third-order valence-electron chi connectivity index (χ3n) is 6.68. The summed E-state index contributed by atoms with van der Waals surface area (Å²) in [4.78, 5) is 19.7. The highest BCUT2D eigenvalue weighted by molar-refractivity contribution is 5.84. The number of carbonyl (C=O) groups excluding carboxylic acids is 1. The molecule has 2 unspecified atom stereocenters. The maximum absolute atomic E-state index is 13.4. The zero-order valence-electron chi connectivity index (χ0n) is 21.1. The fourth-order valence-corrected chi connectivity index (χ4v) is 4.65. The highest BCUT2D eigenvalue weighted by Gasteiger charge is 2.40. The molecular formula is C27H30N4O5. The van der Waals surface area contributed by atoms with Gasteiger partial charge in [-0.3, -0.25) is 4.79 Å². The number of fused-ring (bicyclic) bond motifs is 1. The van der Waals surface area contributed by atoms with Crippen LogP contribution in [0.5, 0.6) is 17.2 Å². The molecule has 1 saturated heterocycles. The summed E-state index contributed by atoms with van der Waals surface area (Å²) in [5, 5.41) is 1.90. The van der Waals surface area contributed by atoms with Gasteiger partial charge in [0.05, 0.1) is 33.9 Å². The van der Waals surface area contributed by atoms with E-state index in [4.69, 9.17) is 23.6 Å². The topological polar surface area (TPSA) is 89.3 Å². The minimum absolute atomic E-state index is 0.0244. The van der Waals surface area contributed by atoms with Crippen LogP contribution in [0.4, 0.5) is 0 Å². The van der Waals surface area contributed by atoms with Gasteiger partial charge in [-0.15, -0.1) is 0 Å². The van der Waals surface area contributed by atoms with Gasteiger partial charge in [0, 0.05) is 18.0 Å². The fraction of sp³-hybridized carbons (Fsp3) is 0.333. The smallest absolute Gasteiger partial charge is 0.251 e. The number of rotatable bonds is 7. The van der Waals surface area contributed by atoms with Gasteiger partial charge in [0.25, 0.3) is 5.91 Å². The second-order valence-electron chi connectivity index (χ2n) is 8.95. The summed E-state index contributed by atoms with van der Waals surface area (Å²) in [6.45, 7) is 4.23. The van der Waals surface area contributed by atoms with Crippen LogP contribution in [0.2, 0.25) is 0 Å². The van der Waals surface area contributed by atoms with Crippen molar-refractivity contribution >= 4 is 5.91 Å². The maximum atomic E-state index is 13.4. The zero-order valence-corrected chi connectivity index (χ0v) is 21.1. The van der Waals surface area contributed by atoms with Crippen LogP contribution in [0.15, 0.2) is 53.2 Å². The number of nitrogens with zero attached hydrogens (tertiary/aromatic N) is 3. The van der Waals surface area contributed by atoms with E-state index in [2.05, 4.69) is 36.6 Å². The number of methoxy groups -OCH3 is 3. The average Bonchev–Trinajstić information content (AvgIpc) is 3.49. The van der Waals surface area contributed by atoms with Crippen LogP contribution < -0.4 is 19.6 Å². The number of aromatic nitrogens is 1. The van der Waals surface area contributed by atoms with E-state index < -0.39 is 0 Å². The third-order valence-corrected chi connectivity index (χ3v) is 6.68. The van der Waals surface area contributed by atoms with Crippen molar-refractivity contribution in [2.45, 2.75) is 38.9 Å². The Kier molecular flexibility index (Phi) is 6.32. The van der Waals surface area contributed by atoms with Gasteiger partial charge in [-0.1, -0.05) is 29.8 Å². The van der Waals surface area contributed by atoms with Gasteiger partial charge < -0.3 is 28.5 Å². The number of aryl methyl sites for hydroxylation is 2. The molecule has 2 atom stereocenters. The highest BCUT2D eigenvalue weighted by Crippen LogP contribution is 2.41. The van der Waals surface area contributed by atoms with Crippen molar-refractivity contribution in [3.8, 4) is 28.7 Å². The molecule has 2 aromatic carbocycles. The lowest BCUT2D eigenvalue weighted by Gasteiger charge is -2.31. The molecule has 3 heterocycles. The molecule has 1 fully saturated rings. The Morgan fingerprint density at radius 1 is 1.03 bits per heavy atom. The number of hydrogen-bond donors (Lipinski definition) is 1. The number of nitrogens with one attached hydrogen (secondary N) is 1. The van der Waals surface area contributed by atoms with Gasteiger partial charge in [0.1, 0.15) is 17.5 Å². The number of oxazole rings is 1. The van der Waals surface area contributed by atoms with E-state index in [0.717, 1.165) is 0 Å². The van der Waals surface area contributed by atoms with Crippen molar-refractivity contribution in [2.75, 3.05) is 21.3 Å². The normalized spacial score (nSPS) is 19.0. The maximum Gasteiger partial charge on any atom is 0.251 e. The van der Waals surface area contributed by atoms with Crippen LogP contribution in [-0.4, -0.2) is 48.2 Å². The van der Waals surface area contributed by atoms with E-state index in [1.165, 1.54) is 11.1 Å². The van der Waals surface area contributed by atoms with Crippen LogP contribution in [0, 0.1) is 13.8 Å². The number of ether oxygens (including phenoxy) is 3. The predicted octanol–water partition coefficient (Wildman–Crippen LogP) is 4.12. The summed E-state index contributed by atoms with van der Waals surface area (Å²) < 4.78 is 22.3. The number of hydrogen-bond acceptors (Lipinski definition) is 8. The van der Waals surface area contributed by atoms with Gasteiger partial charge in [-0.05, 0) is 38.0 Å². The summed E-state index contributed by atoms with van der Waals surface area (Å²) in [5.41, 5.74) is 7.20. The van der Waals surface area contributed by atoms with Crippen LogP contribution >= 0.6 is 0 Å². The Hall–Kier alpha value is -3.98. The fourth-order valence-electron chi connectivity index (χ4n) is 4.65. The minimum Gasteiger partial charge on any atom is -0.493 e. The molecule has 3 aromatic rings. The van der Waals surface area contributed by atoms with Gasteiger partial charge >= 0.3 is 0 Å². The molecule has 9 heteroatoms. The molecule has 0 bridgehead atoms. The van der Waals surface area contributed by atoms with Crippen molar-refractivity contribution in [1.29, 1.82) is 0 Å². The molecule has 0 radical (unpaired) electrons. The second-order valence-corrected chi connectivity index (χ2v) is 8.95. The lowest BCUT2D eigenvalue weighted by Crippen LogP contribution is -2.47. The first-order valence-electron chi connectivity index (χ1n) is 11.8. The molecule has 1 N–H and O–H groups in total. The van der Waals surface area contributed by atoms with Crippen molar-refractivity contribution in [2.24, 2.45) is 0 Å². The third kappa shape index (κ3) is 4.26. The molecule has 1 amide bonds. The van der Waals surface area contributed by atoms with E-state index >= 15 is 0 Å². The van der Waals surface area contributed by atoms with Crippen LogP contribution in [0.3, 0.4) is 0 Å².